The van der Waals surface area contributed by atoms with E-state index in [1.165, 1.54) is 42.5 Å². The summed E-state index contributed by atoms with van der Waals surface area (Å²) in [5.41, 5.74) is -1.69. The van der Waals surface area contributed by atoms with E-state index in [2.05, 4.69) is 0 Å². The molecule has 4 atom stereocenters. The second-order valence-electron chi connectivity index (χ2n) is 8.33. The van der Waals surface area contributed by atoms with Gasteiger partial charge in [0.1, 0.15) is 0 Å². The Hall–Kier alpha value is -4.55. The van der Waals surface area contributed by atoms with Crippen LogP contribution >= 0.6 is 0 Å². The summed E-state index contributed by atoms with van der Waals surface area (Å²) in [4.78, 5) is 36.4. The van der Waals surface area contributed by atoms with Crippen molar-refractivity contribution in [2.75, 3.05) is 0 Å². The molecule has 3 rings (SSSR count). The van der Waals surface area contributed by atoms with Crippen LogP contribution in [0.4, 0.5) is 0 Å². The van der Waals surface area contributed by atoms with Crippen LogP contribution in [0.1, 0.15) is 24.0 Å². The second-order valence-corrected chi connectivity index (χ2v) is 8.33. The largest absolute Gasteiger partial charge is 0.504 e. The van der Waals surface area contributed by atoms with Crippen molar-refractivity contribution in [3.63, 3.8) is 0 Å². The second kappa shape index (κ2) is 11.0. The fourth-order valence-electron chi connectivity index (χ4n) is 3.72. The zero-order valence-corrected chi connectivity index (χ0v) is 19.1. The van der Waals surface area contributed by atoms with Gasteiger partial charge in [-0.1, -0.05) is 12.1 Å². The van der Waals surface area contributed by atoms with Gasteiger partial charge < -0.3 is 45.2 Å². The number of rotatable bonds is 7. The monoisotopic (exact) mass is 516 g/mol. The molecule has 1 saturated carbocycles. The van der Waals surface area contributed by atoms with E-state index in [0.717, 1.165) is 18.2 Å². The fourth-order valence-corrected chi connectivity index (χ4v) is 3.72. The molecule has 0 radical (unpaired) electrons. The van der Waals surface area contributed by atoms with Crippen LogP contribution in [0.3, 0.4) is 0 Å². The van der Waals surface area contributed by atoms with Crippen LogP contribution in [0.25, 0.3) is 12.2 Å². The van der Waals surface area contributed by atoms with Gasteiger partial charge in [0, 0.05) is 25.0 Å². The van der Waals surface area contributed by atoms with E-state index < -0.39 is 66.2 Å². The van der Waals surface area contributed by atoms with E-state index in [1.54, 1.807) is 0 Å². The number of benzene rings is 2. The van der Waals surface area contributed by atoms with Crippen LogP contribution in [0.2, 0.25) is 0 Å². The summed E-state index contributed by atoms with van der Waals surface area (Å²) in [5, 5.41) is 68.3. The molecule has 37 heavy (non-hydrogen) atoms. The molecule has 1 aliphatic carbocycles. The first kappa shape index (κ1) is 27.0. The van der Waals surface area contributed by atoms with Crippen LogP contribution < -0.4 is 0 Å². The molecule has 7 N–H and O–H groups in total. The van der Waals surface area contributed by atoms with Crippen LogP contribution in [-0.4, -0.2) is 77.6 Å². The number of phenolic OH excluding ortho intramolecular Hbond substituents is 4. The molecule has 0 aliphatic heterocycles. The number of carbonyl (C=O) groups is 3. The van der Waals surface area contributed by atoms with Crippen molar-refractivity contribution in [3.8, 4) is 23.0 Å². The number of aliphatic carboxylic acids is 1. The van der Waals surface area contributed by atoms with Gasteiger partial charge in [0.2, 0.25) is 5.60 Å². The molecule has 0 saturated heterocycles. The summed E-state index contributed by atoms with van der Waals surface area (Å²) in [7, 11) is 0. The molecular formula is C25H24O12. The number of carboxylic acid groups (broad SMARTS) is 1. The summed E-state index contributed by atoms with van der Waals surface area (Å²) in [6.07, 6.45) is -2.07. The number of aliphatic hydroxyl groups excluding tert-OH is 2. The highest BCUT2D eigenvalue weighted by molar-refractivity contribution is 5.91. The van der Waals surface area contributed by atoms with E-state index in [0.29, 0.717) is 11.1 Å². The highest BCUT2D eigenvalue weighted by Crippen LogP contribution is 2.35. The molecule has 0 bridgehead atoms. The average molecular weight is 516 g/mol. The lowest BCUT2D eigenvalue weighted by Gasteiger charge is -2.41. The van der Waals surface area contributed by atoms with Crippen molar-refractivity contribution >= 4 is 30.1 Å². The maximum atomic E-state index is 12.3. The van der Waals surface area contributed by atoms with Crippen molar-refractivity contribution < 1.29 is 59.6 Å². The minimum absolute atomic E-state index is 0.294. The fraction of sp³-hybridized carbons (Fsp3) is 0.240. The van der Waals surface area contributed by atoms with Gasteiger partial charge >= 0.3 is 17.9 Å². The predicted octanol–water partition coefficient (Wildman–Crippen LogP) is 1.03. The predicted molar refractivity (Wildman–Crippen MR) is 125 cm³/mol. The molecule has 12 heteroatoms. The topological polar surface area (TPSA) is 211 Å². The third kappa shape index (κ3) is 6.57. The lowest BCUT2D eigenvalue weighted by Crippen LogP contribution is -2.58. The van der Waals surface area contributed by atoms with E-state index in [-0.39, 0.29) is 11.5 Å². The summed E-state index contributed by atoms with van der Waals surface area (Å²) in [5.74, 6) is -5.32. The van der Waals surface area contributed by atoms with Crippen LogP contribution in [0.5, 0.6) is 23.0 Å². The summed E-state index contributed by atoms with van der Waals surface area (Å²) in [6, 6.07) is 7.48. The van der Waals surface area contributed by atoms with Crippen molar-refractivity contribution in [3.05, 3.63) is 59.7 Å². The molecule has 2 aromatic rings. The first-order chi connectivity index (χ1) is 17.4. The van der Waals surface area contributed by atoms with E-state index in [4.69, 9.17) is 9.47 Å². The number of hydrogen-bond donors (Lipinski definition) is 7. The van der Waals surface area contributed by atoms with E-state index in [9.17, 15) is 50.1 Å². The van der Waals surface area contributed by atoms with Crippen LogP contribution in [-0.2, 0) is 23.9 Å². The molecule has 12 nitrogen and oxygen atoms in total. The van der Waals surface area contributed by atoms with Gasteiger partial charge in [-0.05, 0) is 47.5 Å². The smallest absolute Gasteiger partial charge is 0.348 e. The Bertz CT molecular complexity index is 1240. The summed E-state index contributed by atoms with van der Waals surface area (Å²) in [6.45, 7) is 0. The van der Waals surface area contributed by atoms with Crippen molar-refractivity contribution in [2.24, 2.45) is 0 Å². The number of carboxylic acids is 1. The number of aliphatic hydroxyl groups is 2. The Morgan fingerprint density at radius 1 is 0.757 bits per heavy atom. The van der Waals surface area contributed by atoms with E-state index >= 15 is 0 Å². The highest BCUT2D eigenvalue weighted by atomic mass is 16.6. The van der Waals surface area contributed by atoms with Crippen LogP contribution in [0, 0.1) is 0 Å². The average Bonchev–Trinajstić information content (AvgIpc) is 2.83. The first-order valence-corrected chi connectivity index (χ1v) is 10.8. The molecular weight excluding hydrogens is 492 g/mol. The molecule has 0 aromatic heterocycles. The molecule has 0 amide bonds. The summed E-state index contributed by atoms with van der Waals surface area (Å²) < 4.78 is 10.1. The highest BCUT2D eigenvalue weighted by Gasteiger charge is 2.54. The summed E-state index contributed by atoms with van der Waals surface area (Å²) >= 11 is 0. The molecule has 2 unspecified atom stereocenters. The quantitative estimate of drug-likeness (QED) is 0.156. The van der Waals surface area contributed by atoms with Crippen LogP contribution in [0.15, 0.2) is 48.6 Å². The third-order valence-electron chi connectivity index (χ3n) is 5.60. The Morgan fingerprint density at radius 2 is 1.22 bits per heavy atom. The maximum absolute atomic E-state index is 12.3. The number of carbonyl (C=O) groups excluding carboxylic acids is 2. The van der Waals surface area contributed by atoms with Gasteiger partial charge in [0.15, 0.2) is 29.1 Å². The van der Waals surface area contributed by atoms with Gasteiger partial charge in [-0.15, -0.1) is 0 Å². The third-order valence-corrected chi connectivity index (χ3v) is 5.60. The minimum Gasteiger partial charge on any atom is -0.504 e. The Morgan fingerprint density at radius 3 is 1.65 bits per heavy atom. The lowest BCUT2D eigenvalue weighted by atomic mass is 9.79. The number of esters is 2. The van der Waals surface area contributed by atoms with Gasteiger partial charge in [-0.2, -0.15) is 0 Å². The van der Waals surface area contributed by atoms with Gasteiger partial charge in [-0.25, -0.2) is 14.4 Å². The zero-order valence-electron chi connectivity index (χ0n) is 19.1. The molecule has 196 valence electrons. The Kier molecular flexibility index (Phi) is 8.05. The minimum atomic E-state index is -2.32. The Labute approximate surface area is 209 Å². The maximum Gasteiger partial charge on any atom is 0.348 e. The normalized spacial score (nSPS) is 23.7. The number of aromatic hydroxyl groups is 4. The molecule has 0 spiro atoms. The lowest BCUT2D eigenvalue weighted by molar-refractivity contribution is -0.207. The van der Waals surface area contributed by atoms with Gasteiger partial charge in [-0.3, -0.25) is 0 Å². The van der Waals surface area contributed by atoms with Gasteiger partial charge in [0.25, 0.3) is 0 Å². The van der Waals surface area contributed by atoms with E-state index in [1.807, 2.05) is 0 Å². The SMILES string of the molecule is O=C(/C=C/c1ccc(O)c(O)c1)OC1[C@H](O)CC(OC(=O)/C=C/c2ccc(O)c(O)c2)(C(=O)O)C[C@@H]1O. The first-order valence-electron chi connectivity index (χ1n) is 10.8. The van der Waals surface area contributed by atoms with Crippen molar-refractivity contribution in [2.45, 2.75) is 36.8 Å². The van der Waals surface area contributed by atoms with Crippen molar-refractivity contribution in [1.82, 2.24) is 0 Å². The molecule has 1 aliphatic rings. The number of ether oxygens (including phenoxy) is 2. The molecule has 2 aromatic carbocycles. The number of phenols is 4. The zero-order chi connectivity index (χ0) is 27.3. The molecule has 0 heterocycles. The van der Waals surface area contributed by atoms with Crippen molar-refractivity contribution in [1.29, 1.82) is 0 Å². The standard InChI is InChI=1S/C25H24O12/c26-15-5-1-13(9-17(15)28)3-7-21(32)36-23-19(30)11-25(24(34)35,12-20(23)31)37-22(33)8-4-14-2-6-16(27)18(29)10-14/h1-10,19-20,23,26-31H,11-12H2,(H,34,35)/b7-3+,8-4+/t19-,20+,23?,25?. The van der Waals surface area contributed by atoms with Gasteiger partial charge in [0.05, 0.1) is 12.2 Å². The molecule has 1 fully saturated rings. The Balaban J connectivity index is 1.66. The number of hydrogen-bond acceptors (Lipinski definition) is 11.